The molecule has 10 heavy (non-hydrogen) atoms. The van der Waals surface area contributed by atoms with Gasteiger partial charge in [-0.2, -0.15) is 0 Å². The van der Waals surface area contributed by atoms with E-state index >= 15 is 0 Å². The summed E-state index contributed by atoms with van der Waals surface area (Å²) in [7, 11) is 0. The van der Waals surface area contributed by atoms with Gasteiger partial charge in [0.2, 0.25) is 0 Å². The lowest BCUT2D eigenvalue weighted by Gasteiger charge is -1.86. The quantitative estimate of drug-likeness (QED) is 0.617. The summed E-state index contributed by atoms with van der Waals surface area (Å²) in [4.78, 5) is 7.99. The van der Waals surface area contributed by atoms with E-state index in [2.05, 4.69) is 23.0 Å². The molecule has 0 atom stereocenters. The molecule has 0 amide bonds. The van der Waals surface area contributed by atoms with Crippen molar-refractivity contribution in [2.24, 2.45) is 0 Å². The van der Waals surface area contributed by atoms with Crippen LogP contribution in [-0.2, 0) is 0 Å². The molecule has 0 fully saturated rings. The van der Waals surface area contributed by atoms with E-state index < -0.39 is 0 Å². The molecule has 52 valence electrons. The lowest BCUT2D eigenvalue weighted by atomic mass is 10.3. The van der Waals surface area contributed by atoms with Crippen molar-refractivity contribution < 1.29 is 0 Å². The van der Waals surface area contributed by atoms with Gasteiger partial charge in [0.1, 0.15) is 0 Å². The Hall–Kier alpha value is -1.18. The molecule has 2 nitrogen and oxygen atoms in total. The second kappa shape index (κ2) is 3.77. The van der Waals surface area contributed by atoms with Crippen LogP contribution in [0.1, 0.15) is 19.0 Å². The van der Waals surface area contributed by atoms with E-state index in [0.29, 0.717) is 0 Å². The average Bonchev–Trinajstić information content (AvgIpc) is 2.03. The molecule has 0 radical (unpaired) electrons. The van der Waals surface area contributed by atoms with Crippen molar-refractivity contribution in [2.75, 3.05) is 0 Å². The maximum Gasteiger partial charge on any atom is 0.0809 e. The first kappa shape index (κ1) is 6.93. The van der Waals surface area contributed by atoms with Crippen LogP contribution in [0.15, 0.2) is 24.7 Å². The van der Waals surface area contributed by atoms with Gasteiger partial charge in [-0.1, -0.05) is 13.0 Å². The lowest BCUT2D eigenvalue weighted by Crippen LogP contribution is -1.79. The van der Waals surface area contributed by atoms with Crippen molar-refractivity contribution in [2.45, 2.75) is 13.3 Å². The number of aromatic nitrogens is 2. The van der Waals surface area contributed by atoms with Crippen LogP contribution >= 0.6 is 0 Å². The highest BCUT2D eigenvalue weighted by molar-refractivity contribution is 5.41. The Morgan fingerprint density at radius 1 is 1.50 bits per heavy atom. The zero-order valence-corrected chi connectivity index (χ0v) is 5.99. The summed E-state index contributed by atoms with van der Waals surface area (Å²) in [5, 5.41) is 0. The molecule has 0 aliphatic rings. The minimum Gasteiger partial charge on any atom is -0.261 e. The third-order valence-electron chi connectivity index (χ3n) is 1.11. The molecule has 0 saturated heterocycles. The highest BCUT2D eigenvalue weighted by Gasteiger charge is 1.81. The average molecular weight is 134 g/mol. The zero-order chi connectivity index (χ0) is 7.23. The minimum absolute atomic E-state index is 0.921. The first-order chi connectivity index (χ1) is 4.93. The summed E-state index contributed by atoms with van der Waals surface area (Å²) in [6.45, 7) is 2.09. The first-order valence-corrected chi connectivity index (χ1v) is 3.36. The fourth-order valence-electron chi connectivity index (χ4n) is 0.635. The summed E-state index contributed by atoms with van der Waals surface area (Å²) in [5.74, 6) is 0. The maximum atomic E-state index is 4.07. The van der Waals surface area contributed by atoms with Gasteiger partial charge in [-0.15, -0.1) is 0 Å². The largest absolute Gasteiger partial charge is 0.261 e. The van der Waals surface area contributed by atoms with Crippen molar-refractivity contribution in [1.29, 1.82) is 0 Å². The molecule has 2 heteroatoms. The molecular weight excluding hydrogens is 124 g/mol. The number of hydrogen-bond acceptors (Lipinski definition) is 2. The van der Waals surface area contributed by atoms with Crippen LogP contribution < -0.4 is 0 Å². The van der Waals surface area contributed by atoms with Crippen molar-refractivity contribution in [3.05, 3.63) is 30.4 Å². The van der Waals surface area contributed by atoms with Crippen molar-refractivity contribution >= 4 is 6.08 Å². The van der Waals surface area contributed by atoms with E-state index in [0.717, 1.165) is 12.1 Å². The normalized spacial score (nSPS) is 10.5. The molecule has 0 aliphatic heterocycles. The molecule has 1 aromatic rings. The molecule has 0 saturated carbocycles. The van der Waals surface area contributed by atoms with Gasteiger partial charge in [0.25, 0.3) is 0 Å². The van der Waals surface area contributed by atoms with E-state index in [4.69, 9.17) is 0 Å². The summed E-state index contributed by atoms with van der Waals surface area (Å²) in [6, 6.07) is 0. The van der Waals surface area contributed by atoms with Gasteiger partial charge in [-0.05, 0) is 12.5 Å². The predicted octanol–water partition coefficient (Wildman–Crippen LogP) is 1.90. The fraction of sp³-hybridized carbons (Fsp3) is 0.250. The number of allylic oxidation sites excluding steroid dienone is 1. The topological polar surface area (TPSA) is 25.8 Å². The zero-order valence-electron chi connectivity index (χ0n) is 5.99. The molecule has 0 N–H and O–H groups in total. The van der Waals surface area contributed by atoms with Crippen molar-refractivity contribution in [3.8, 4) is 0 Å². The van der Waals surface area contributed by atoms with Gasteiger partial charge in [-0.25, -0.2) is 0 Å². The molecule has 0 unspecified atom stereocenters. The Morgan fingerprint density at radius 2 is 2.40 bits per heavy atom. The molecule has 1 rings (SSSR count). The Bertz CT molecular complexity index is 204. The van der Waals surface area contributed by atoms with E-state index in [9.17, 15) is 0 Å². The minimum atomic E-state index is 0.921. The number of hydrogen-bond donors (Lipinski definition) is 0. The van der Waals surface area contributed by atoms with Gasteiger partial charge in [0, 0.05) is 12.4 Å². The third kappa shape index (κ3) is 1.97. The predicted molar refractivity (Wildman–Crippen MR) is 41.4 cm³/mol. The molecule has 0 bridgehead atoms. The summed E-state index contributed by atoms with van der Waals surface area (Å²) in [5.41, 5.74) is 0.921. The highest BCUT2D eigenvalue weighted by atomic mass is 14.7. The number of rotatable bonds is 2. The molecule has 0 aliphatic carbocycles. The van der Waals surface area contributed by atoms with Crippen molar-refractivity contribution in [1.82, 2.24) is 9.97 Å². The molecule has 0 aromatic carbocycles. The SMILES string of the molecule is CCC=Cc1cnccn1. The van der Waals surface area contributed by atoms with E-state index in [1.807, 2.05) is 6.08 Å². The van der Waals surface area contributed by atoms with Crippen LogP contribution in [0.25, 0.3) is 6.08 Å². The van der Waals surface area contributed by atoms with Gasteiger partial charge < -0.3 is 0 Å². The Labute approximate surface area is 60.6 Å². The highest BCUT2D eigenvalue weighted by Crippen LogP contribution is 1.93. The second-order valence-electron chi connectivity index (χ2n) is 1.94. The summed E-state index contributed by atoms with van der Waals surface area (Å²) in [6.07, 6.45) is 10.2. The lowest BCUT2D eigenvalue weighted by molar-refractivity contribution is 1.17. The van der Waals surface area contributed by atoms with Crippen LogP contribution in [0.2, 0.25) is 0 Å². The van der Waals surface area contributed by atoms with Crippen LogP contribution in [-0.4, -0.2) is 9.97 Å². The molecular formula is C8H10N2. The van der Waals surface area contributed by atoms with Crippen LogP contribution in [0, 0.1) is 0 Å². The molecule has 1 heterocycles. The van der Waals surface area contributed by atoms with E-state index in [-0.39, 0.29) is 0 Å². The standard InChI is InChI=1S/C8H10N2/c1-2-3-4-8-7-9-5-6-10-8/h3-7H,2H2,1H3. The van der Waals surface area contributed by atoms with E-state index in [1.54, 1.807) is 18.6 Å². The number of nitrogens with zero attached hydrogens (tertiary/aromatic N) is 2. The second-order valence-corrected chi connectivity index (χ2v) is 1.94. The first-order valence-electron chi connectivity index (χ1n) is 3.36. The Balaban J connectivity index is 2.67. The van der Waals surface area contributed by atoms with Gasteiger partial charge in [0.05, 0.1) is 11.9 Å². The van der Waals surface area contributed by atoms with Crippen LogP contribution in [0.3, 0.4) is 0 Å². The van der Waals surface area contributed by atoms with Gasteiger partial charge in [-0.3, -0.25) is 9.97 Å². The molecule has 1 aromatic heterocycles. The van der Waals surface area contributed by atoms with Gasteiger partial charge in [0.15, 0.2) is 0 Å². The van der Waals surface area contributed by atoms with Crippen LogP contribution in [0.5, 0.6) is 0 Å². The maximum absolute atomic E-state index is 4.07. The monoisotopic (exact) mass is 134 g/mol. The summed E-state index contributed by atoms with van der Waals surface area (Å²) < 4.78 is 0. The third-order valence-corrected chi connectivity index (χ3v) is 1.11. The van der Waals surface area contributed by atoms with Crippen LogP contribution in [0.4, 0.5) is 0 Å². The Kier molecular flexibility index (Phi) is 2.62. The fourth-order valence-corrected chi connectivity index (χ4v) is 0.635. The van der Waals surface area contributed by atoms with Crippen molar-refractivity contribution in [3.63, 3.8) is 0 Å². The summed E-state index contributed by atoms with van der Waals surface area (Å²) >= 11 is 0. The van der Waals surface area contributed by atoms with E-state index in [1.165, 1.54) is 0 Å². The molecule has 0 spiro atoms. The Morgan fingerprint density at radius 3 is 3.00 bits per heavy atom. The smallest absolute Gasteiger partial charge is 0.0809 e. The van der Waals surface area contributed by atoms with Gasteiger partial charge >= 0.3 is 0 Å².